The second kappa shape index (κ2) is 8.30. The molecule has 1 atom stereocenters. The summed E-state index contributed by atoms with van der Waals surface area (Å²) in [4.78, 5) is 24.9. The highest BCUT2D eigenvalue weighted by atomic mass is 32.1. The van der Waals surface area contributed by atoms with Gasteiger partial charge >= 0.3 is 5.97 Å². The molecule has 3 rings (SSSR count). The summed E-state index contributed by atoms with van der Waals surface area (Å²) in [6, 6.07) is 9.60. The molecule has 0 aliphatic heterocycles. The van der Waals surface area contributed by atoms with Crippen molar-refractivity contribution in [2.75, 3.05) is 6.54 Å². The van der Waals surface area contributed by atoms with Gasteiger partial charge in [0.15, 0.2) is 6.10 Å². The van der Waals surface area contributed by atoms with Crippen LogP contribution < -0.4 is 5.32 Å². The predicted octanol–water partition coefficient (Wildman–Crippen LogP) is 4.45. The number of amides is 1. The van der Waals surface area contributed by atoms with Crippen LogP contribution in [-0.2, 0) is 9.53 Å². The summed E-state index contributed by atoms with van der Waals surface area (Å²) in [6.07, 6.45) is 7.14. The summed E-state index contributed by atoms with van der Waals surface area (Å²) in [5.41, 5.74) is 1.42. The Bertz CT molecular complexity index is 760. The van der Waals surface area contributed by atoms with Crippen LogP contribution in [0, 0.1) is 0 Å². The summed E-state index contributed by atoms with van der Waals surface area (Å²) >= 11 is 1.38. The molecule has 132 valence electrons. The van der Waals surface area contributed by atoms with Gasteiger partial charge in [0, 0.05) is 11.2 Å². The van der Waals surface area contributed by atoms with Gasteiger partial charge < -0.3 is 10.1 Å². The Morgan fingerprint density at radius 1 is 1.28 bits per heavy atom. The highest BCUT2D eigenvalue weighted by molar-refractivity contribution is 7.20. The number of hydrogen-bond donors (Lipinski definition) is 1. The molecule has 0 unspecified atom stereocenters. The van der Waals surface area contributed by atoms with Crippen molar-refractivity contribution in [3.63, 3.8) is 0 Å². The molecule has 0 bridgehead atoms. The molecule has 1 aromatic carbocycles. The van der Waals surface area contributed by atoms with E-state index in [-0.39, 0.29) is 5.91 Å². The van der Waals surface area contributed by atoms with Gasteiger partial charge in [-0.25, -0.2) is 4.79 Å². The maximum atomic E-state index is 12.2. The van der Waals surface area contributed by atoms with Crippen molar-refractivity contribution in [1.82, 2.24) is 5.32 Å². The fraction of sp³-hybridized carbons (Fsp3) is 0.400. The number of allylic oxidation sites excluding steroid dienone is 1. The summed E-state index contributed by atoms with van der Waals surface area (Å²) < 4.78 is 6.35. The van der Waals surface area contributed by atoms with Gasteiger partial charge in [0.05, 0.1) is 0 Å². The molecule has 2 aromatic rings. The molecule has 4 nitrogen and oxygen atoms in total. The molecule has 1 heterocycles. The zero-order valence-electron chi connectivity index (χ0n) is 14.4. The second-order valence-corrected chi connectivity index (χ2v) is 7.43. The molecular formula is C20H23NO3S. The third-order valence-electron chi connectivity index (χ3n) is 4.41. The van der Waals surface area contributed by atoms with Crippen molar-refractivity contribution in [1.29, 1.82) is 0 Å². The highest BCUT2D eigenvalue weighted by Crippen LogP contribution is 2.26. The van der Waals surface area contributed by atoms with Crippen molar-refractivity contribution in [2.45, 2.75) is 45.1 Å². The van der Waals surface area contributed by atoms with E-state index in [0.29, 0.717) is 11.4 Å². The quantitative estimate of drug-likeness (QED) is 0.614. The zero-order chi connectivity index (χ0) is 17.6. The third kappa shape index (κ3) is 4.69. The summed E-state index contributed by atoms with van der Waals surface area (Å²) in [5, 5.41) is 3.87. The molecule has 1 amide bonds. The average molecular weight is 357 g/mol. The number of ether oxygens (including phenoxy) is 1. The van der Waals surface area contributed by atoms with Gasteiger partial charge in [-0.1, -0.05) is 29.8 Å². The Labute approximate surface area is 151 Å². The Morgan fingerprint density at radius 3 is 2.88 bits per heavy atom. The van der Waals surface area contributed by atoms with Crippen LogP contribution in [0.25, 0.3) is 10.1 Å². The third-order valence-corrected chi connectivity index (χ3v) is 5.51. The van der Waals surface area contributed by atoms with Crippen LogP contribution in [0.15, 0.2) is 42.0 Å². The second-order valence-electron chi connectivity index (χ2n) is 6.35. The number of fused-ring (bicyclic) bond motifs is 1. The smallest absolute Gasteiger partial charge is 0.349 e. The minimum absolute atomic E-state index is 0.245. The first-order valence-corrected chi connectivity index (χ1v) is 9.60. The Balaban J connectivity index is 1.48. The van der Waals surface area contributed by atoms with Crippen LogP contribution in [0.1, 0.15) is 48.7 Å². The van der Waals surface area contributed by atoms with Gasteiger partial charge in [0.25, 0.3) is 5.91 Å². The Kier molecular flexibility index (Phi) is 5.87. The lowest BCUT2D eigenvalue weighted by atomic mass is 9.97. The summed E-state index contributed by atoms with van der Waals surface area (Å²) in [5.74, 6) is -0.690. The lowest BCUT2D eigenvalue weighted by Gasteiger charge is -2.15. The van der Waals surface area contributed by atoms with Gasteiger partial charge in [-0.3, -0.25) is 4.79 Å². The molecular weight excluding hydrogens is 334 g/mol. The summed E-state index contributed by atoms with van der Waals surface area (Å²) in [7, 11) is 0. The van der Waals surface area contributed by atoms with Gasteiger partial charge in [0.1, 0.15) is 4.88 Å². The number of nitrogens with one attached hydrogen (secondary N) is 1. The monoisotopic (exact) mass is 357 g/mol. The van der Waals surface area contributed by atoms with E-state index in [4.69, 9.17) is 4.74 Å². The van der Waals surface area contributed by atoms with E-state index in [1.165, 1.54) is 29.8 Å². The molecule has 0 fully saturated rings. The van der Waals surface area contributed by atoms with Gasteiger partial charge in [0.2, 0.25) is 0 Å². The number of rotatable bonds is 6. The van der Waals surface area contributed by atoms with E-state index >= 15 is 0 Å². The maximum Gasteiger partial charge on any atom is 0.349 e. The van der Waals surface area contributed by atoms with Crippen LogP contribution in [0.3, 0.4) is 0 Å². The molecule has 0 radical (unpaired) electrons. The molecule has 5 heteroatoms. The molecule has 25 heavy (non-hydrogen) atoms. The van der Waals surface area contributed by atoms with E-state index in [0.717, 1.165) is 29.3 Å². The van der Waals surface area contributed by atoms with Gasteiger partial charge in [-0.15, -0.1) is 11.3 Å². The molecule has 1 N–H and O–H groups in total. The van der Waals surface area contributed by atoms with E-state index in [9.17, 15) is 9.59 Å². The average Bonchev–Trinajstić information content (AvgIpc) is 3.07. The highest BCUT2D eigenvalue weighted by Gasteiger charge is 2.20. The van der Waals surface area contributed by atoms with Crippen LogP contribution in [0.5, 0.6) is 0 Å². The molecule has 1 aliphatic rings. The predicted molar refractivity (Wildman–Crippen MR) is 101 cm³/mol. The number of carbonyl (C=O) groups is 2. The first kappa shape index (κ1) is 17.7. The van der Waals surface area contributed by atoms with E-state index in [1.54, 1.807) is 6.92 Å². The Morgan fingerprint density at radius 2 is 2.12 bits per heavy atom. The Hall–Kier alpha value is -2.14. The topological polar surface area (TPSA) is 55.4 Å². The fourth-order valence-electron chi connectivity index (χ4n) is 2.98. The number of esters is 1. The minimum Gasteiger partial charge on any atom is -0.448 e. The first-order chi connectivity index (χ1) is 12.1. The van der Waals surface area contributed by atoms with Crippen molar-refractivity contribution in [2.24, 2.45) is 0 Å². The number of hydrogen-bond acceptors (Lipinski definition) is 4. The zero-order valence-corrected chi connectivity index (χ0v) is 15.2. The molecule has 0 saturated heterocycles. The van der Waals surface area contributed by atoms with Crippen molar-refractivity contribution >= 4 is 33.3 Å². The molecule has 1 aromatic heterocycles. The van der Waals surface area contributed by atoms with Gasteiger partial charge in [-0.05, 0) is 56.5 Å². The standard InChI is InChI=1S/C20H23NO3S/c1-14(19(22)21-12-11-15-7-3-2-4-8-15)24-20(23)18-13-16-9-5-6-10-17(16)25-18/h5-7,9-10,13-14H,2-4,8,11-12H2,1H3,(H,21,22)/t14-/m0/s1. The van der Waals surface area contributed by atoms with Crippen LogP contribution >= 0.6 is 11.3 Å². The van der Waals surface area contributed by atoms with E-state index in [1.807, 2.05) is 30.3 Å². The van der Waals surface area contributed by atoms with Crippen LogP contribution in [0.2, 0.25) is 0 Å². The van der Waals surface area contributed by atoms with Crippen LogP contribution in [0.4, 0.5) is 0 Å². The number of carbonyl (C=O) groups excluding carboxylic acids is 2. The minimum atomic E-state index is -0.793. The molecule has 0 saturated carbocycles. The maximum absolute atomic E-state index is 12.2. The summed E-state index contributed by atoms with van der Waals surface area (Å²) in [6.45, 7) is 2.20. The normalized spacial score (nSPS) is 15.5. The van der Waals surface area contributed by atoms with Crippen molar-refractivity contribution in [3.8, 4) is 0 Å². The lowest BCUT2D eigenvalue weighted by Crippen LogP contribution is -2.36. The molecule has 1 aliphatic carbocycles. The number of thiophene rings is 1. The SMILES string of the molecule is C[C@H](OC(=O)c1cc2ccccc2s1)C(=O)NCCC1=CCCCC1. The van der Waals surface area contributed by atoms with Gasteiger partial charge in [-0.2, -0.15) is 0 Å². The fourth-order valence-corrected chi connectivity index (χ4v) is 3.92. The van der Waals surface area contributed by atoms with E-state index in [2.05, 4.69) is 11.4 Å². The number of benzene rings is 1. The first-order valence-electron chi connectivity index (χ1n) is 8.78. The lowest BCUT2D eigenvalue weighted by molar-refractivity contribution is -0.129. The molecule has 0 spiro atoms. The van der Waals surface area contributed by atoms with E-state index < -0.39 is 12.1 Å². The van der Waals surface area contributed by atoms with Crippen molar-refractivity contribution < 1.29 is 14.3 Å². The van der Waals surface area contributed by atoms with Crippen molar-refractivity contribution in [3.05, 3.63) is 46.9 Å². The largest absolute Gasteiger partial charge is 0.448 e. The van der Waals surface area contributed by atoms with Crippen LogP contribution in [-0.4, -0.2) is 24.5 Å².